The summed E-state index contributed by atoms with van der Waals surface area (Å²) in [5, 5.41) is 23.8. The maximum Gasteiger partial charge on any atom is 0.143 e. The normalized spacial score (nSPS) is 10.4. The molecule has 27 heavy (non-hydrogen) atoms. The van der Waals surface area contributed by atoms with Crippen LogP contribution in [0.25, 0.3) is 11.1 Å². The number of aryl methyl sites for hydroxylation is 3. The van der Waals surface area contributed by atoms with Gasteiger partial charge in [0.1, 0.15) is 34.3 Å². The minimum Gasteiger partial charge on any atom is -0.383 e. The molecule has 0 aliphatic heterocycles. The van der Waals surface area contributed by atoms with E-state index in [9.17, 15) is 10.5 Å². The Morgan fingerprint density at radius 1 is 1.07 bits per heavy atom. The van der Waals surface area contributed by atoms with Gasteiger partial charge in [0.2, 0.25) is 0 Å². The lowest BCUT2D eigenvalue weighted by atomic mass is 9.96. The van der Waals surface area contributed by atoms with Crippen LogP contribution >= 0.6 is 11.8 Å². The molecule has 0 aliphatic rings. The molecule has 2 N–H and O–H groups in total. The molecule has 3 aromatic rings. The monoisotopic (exact) mass is 375 g/mol. The third-order valence-corrected chi connectivity index (χ3v) is 5.29. The van der Waals surface area contributed by atoms with Crippen LogP contribution in [0.3, 0.4) is 0 Å². The number of nitrogen functional groups attached to an aromatic ring is 1. The zero-order chi connectivity index (χ0) is 19.6. The van der Waals surface area contributed by atoms with Crippen molar-refractivity contribution in [3.8, 4) is 23.3 Å². The highest BCUT2D eigenvalue weighted by Crippen LogP contribution is 2.37. The molecular weight excluding hydrogens is 358 g/mol. The summed E-state index contributed by atoms with van der Waals surface area (Å²) in [6.45, 7) is 5.70. The van der Waals surface area contributed by atoms with Gasteiger partial charge < -0.3 is 10.3 Å². The molecule has 2 heterocycles. The number of rotatable bonds is 4. The fraction of sp³-hybridized carbons (Fsp3) is 0.200. The summed E-state index contributed by atoms with van der Waals surface area (Å²) in [5.41, 5.74) is 10.8. The standard InChI is InChI=1S/C20H17N5OS/c1-11-4-6-14(7-5-11)18-15(8-21)19(23)24-20(16(18)9-22)27-10-17-12(2)25-26-13(17)3/h4-7H,10H2,1-3H3,(H2,23,24). The molecule has 0 aliphatic carbocycles. The van der Waals surface area contributed by atoms with Gasteiger partial charge in [-0.15, -0.1) is 11.8 Å². The molecule has 3 rings (SSSR count). The maximum atomic E-state index is 9.81. The number of benzene rings is 1. The summed E-state index contributed by atoms with van der Waals surface area (Å²) in [4.78, 5) is 4.32. The second-order valence-corrected chi connectivity index (χ2v) is 7.07. The Balaban J connectivity index is 2.12. The highest BCUT2D eigenvalue weighted by molar-refractivity contribution is 7.98. The van der Waals surface area contributed by atoms with Gasteiger partial charge in [0.25, 0.3) is 0 Å². The molecule has 0 amide bonds. The van der Waals surface area contributed by atoms with Gasteiger partial charge in [-0.2, -0.15) is 10.5 Å². The fourth-order valence-electron chi connectivity index (χ4n) is 2.76. The molecule has 0 bridgehead atoms. The Hall–Kier alpha value is -3.29. The zero-order valence-corrected chi connectivity index (χ0v) is 16.0. The molecule has 0 atom stereocenters. The van der Waals surface area contributed by atoms with Gasteiger partial charge in [-0.25, -0.2) is 4.98 Å². The maximum absolute atomic E-state index is 9.81. The van der Waals surface area contributed by atoms with Crippen LogP contribution < -0.4 is 5.73 Å². The van der Waals surface area contributed by atoms with Crippen LogP contribution in [0.1, 0.15) is 33.7 Å². The Morgan fingerprint density at radius 3 is 2.30 bits per heavy atom. The number of nitrogens with two attached hydrogens (primary N) is 1. The van der Waals surface area contributed by atoms with Crippen molar-refractivity contribution >= 4 is 17.6 Å². The van der Waals surface area contributed by atoms with Crippen molar-refractivity contribution in [3.05, 3.63) is 58.0 Å². The van der Waals surface area contributed by atoms with E-state index in [1.54, 1.807) is 0 Å². The fourth-order valence-corrected chi connectivity index (χ4v) is 3.91. The molecule has 1 aromatic carbocycles. The van der Waals surface area contributed by atoms with Gasteiger partial charge in [-0.1, -0.05) is 35.0 Å². The molecule has 2 aromatic heterocycles. The van der Waals surface area contributed by atoms with E-state index in [1.807, 2.05) is 45.0 Å². The number of pyridine rings is 1. The second kappa shape index (κ2) is 7.53. The SMILES string of the molecule is Cc1ccc(-c2c(C#N)c(N)nc(SCc3c(C)noc3C)c2C#N)cc1. The summed E-state index contributed by atoms with van der Waals surface area (Å²) >= 11 is 1.38. The van der Waals surface area contributed by atoms with Gasteiger partial charge in [0, 0.05) is 16.9 Å². The summed E-state index contributed by atoms with van der Waals surface area (Å²) < 4.78 is 5.19. The molecule has 7 heteroatoms. The van der Waals surface area contributed by atoms with E-state index in [0.717, 1.165) is 28.1 Å². The van der Waals surface area contributed by atoms with Crippen molar-refractivity contribution < 1.29 is 4.52 Å². The van der Waals surface area contributed by atoms with E-state index in [1.165, 1.54) is 11.8 Å². The van der Waals surface area contributed by atoms with Crippen LogP contribution in [0.4, 0.5) is 5.82 Å². The van der Waals surface area contributed by atoms with Crippen LogP contribution in [-0.2, 0) is 5.75 Å². The molecular formula is C20H17N5OS. The lowest BCUT2D eigenvalue weighted by molar-refractivity contribution is 0.392. The highest BCUT2D eigenvalue weighted by atomic mass is 32.2. The van der Waals surface area contributed by atoms with Crippen molar-refractivity contribution in [2.75, 3.05) is 5.73 Å². The van der Waals surface area contributed by atoms with E-state index >= 15 is 0 Å². The number of anilines is 1. The second-order valence-electron chi connectivity index (χ2n) is 6.11. The molecule has 0 radical (unpaired) electrons. The van der Waals surface area contributed by atoms with E-state index < -0.39 is 0 Å². The lowest BCUT2D eigenvalue weighted by Crippen LogP contribution is -2.03. The van der Waals surface area contributed by atoms with E-state index in [-0.39, 0.29) is 11.4 Å². The zero-order valence-electron chi connectivity index (χ0n) is 15.2. The smallest absolute Gasteiger partial charge is 0.143 e. The third-order valence-electron chi connectivity index (χ3n) is 4.29. The van der Waals surface area contributed by atoms with Gasteiger partial charge in [-0.05, 0) is 26.3 Å². The summed E-state index contributed by atoms with van der Waals surface area (Å²) in [5.74, 6) is 1.40. The molecule has 6 nitrogen and oxygen atoms in total. The Bertz CT molecular complexity index is 1070. The largest absolute Gasteiger partial charge is 0.383 e. The summed E-state index contributed by atoms with van der Waals surface area (Å²) in [7, 11) is 0. The van der Waals surface area contributed by atoms with Gasteiger partial charge >= 0.3 is 0 Å². The number of nitrogens with zero attached hydrogens (tertiary/aromatic N) is 4. The first-order valence-electron chi connectivity index (χ1n) is 8.21. The molecule has 0 spiro atoms. The molecule has 0 saturated heterocycles. The first-order chi connectivity index (χ1) is 13.0. The van der Waals surface area contributed by atoms with E-state index in [0.29, 0.717) is 21.9 Å². The number of hydrogen-bond acceptors (Lipinski definition) is 7. The number of hydrogen-bond donors (Lipinski definition) is 1. The first kappa shape index (κ1) is 18.5. The Kier molecular flexibility index (Phi) is 5.16. The summed E-state index contributed by atoms with van der Waals surface area (Å²) in [6.07, 6.45) is 0. The minimum absolute atomic E-state index is 0.119. The van der Waals surface area contributed by atoms with Crippen molar-refractivity contribution in [2.24, 2.45) is 0 Å². The molecule has 0 saturated carbocycles. The van der Waals surface area contributed by atoms with Crippen LogP contribution in [0.2, 0.25) is 0 Å². The molecule has 0 fully saturated rings. The van der Waals surface area contributed by atoms with Crippen LogP contribution in [0.15, 0.2) is 33.8 Å². The molecule has 0 unspecified atom stereocenters. The van der Waals surface area contributed by atoms with Crippen LogP contribution in [-0.4, -0.2) is 10.1 Å². The van der Waals surface area contributed by atoms with E-state index in [4.69, 9.17) is 10.3 Å². The van der Waals surface area contributed by atoms with Crippen molar-refractivity contribution in [3.63, 3.8) is 0 Å². The predicted molar refractivity (Wildman–Crippen MR) is 104 cm³/mol. The average molecular weight is 375 g/mol. The van der Waals surface area contributed by atoms with Gasteiger partial charge in [0.05, 0.1) is 11.3 Å². The number of thioether (sulfide) groups is 1. The average Bonchev–Trinajstić information content (AvgIpc) is 2.98. The van der Waals surface area contributed by atoms with Gasteiger partial charge in [0.15, 0.2) is 0 Å². The van der Waals surface area contributed by atoms with Gasteiger partial charge in [-0.3, -0.25) is 0 Å². The number of aromatic nitrogens is 2. The van der Waals surface area contributed by atoms with Crippen LogP contribution in [0.5, 0.6) is 0 Å². The van der Waals surface area contributed by atoms with Crippen LogP contribution in [0, 0.1) is 43.4 Å². The van der Waals surface area contributed by atoms with Crippen molar-refractivity contribution in [1.29, 1.82) is 10.5 Å². The highest BCUT2D eigenvalue weighted by Gasteiger charge is 2.21. The minimum atomic E-state index is 0.119. The Morgan fingerprint density at radius 2 is 1.74 bits per heavy atom. The third kappa shape index (κ3) is 3.51. The van der Waals surface area contributed by atoms with E-state index in [2.05, 4.69) is 22.3 Å². The van der Waals surface area contributed by atoms with Crippen molar-refractivity contribution in [1.82, 2.24) is 10.1 Å². The Labute approximate surface area is 161 Å². The topological polar surface area (TPSA) is 113 Å². The summed E-state index contributed by atoms with van der Waals surface area (Å²) in [6, 6.07) is 11.9. The predicted octanol–water partition coefficient (Wildman–Crippen LogP) is 4.28. The molecule has 134 valence electrons. The lowest BCUT2D eigenvalue weighted by Gasteiger charge is -2.13. The first-order valence-corrected chi connectivity index (χ1v) is 9.20. The van der Waals surface area contributed by atoms with Crippen molar-refractivity contribution in [2.45, 2.75) is 31.6 Å². The quantitative estimate of drug-likeness (QED) is 0.677. The number of nitriles is 2.